The number of thiocarbonyl (C=S) groups is 1. The number of anilines is 1. The number of unbranched alkanes of at least 4 members (excludes halogenated alkanes) is 2. The van der Waals surface area contributed by atoms with Gasteiger partial charge in [-0.15, -0.1) is 11.3 Å². The molecule has 24 heavy (non-hydrogen) atoms. The first-order chi connectivity index (χ1) is 11.8. The summed E-state index contributed by atoms with van der Waals surface area (Å²) in [5.74, 6) is 0.659. The smallest absolute Gasteiger partial charge is 0.180 e. The molecule has 6 nitrogen and oxygen atoms in total. The minimum absolute atomic E-state index is 0.574. The van der Waals surface area contributed by atoms with Gasteiger partial charge in [-0.2, -0.15) is 0 Å². The summed E-state index contributed by atoms with van der Waals surface area (Å²) in [4.78, 5) is 18.5. The Bertz CT molecular complexity index is 819. The van der Waals surface area contributed by atoms with Crippen molar-refractivity contribution in [1.29, 1.82) is 0 Å². The first-order valence-electron chi connectivity index (χ1n) is 7.84. The third kappa shape index (κ3) is 4.21. The van der Waals surface area contributed by atoms with Crippen LogP contribution in [0.1, 0.15) is 26.2 Å². The Labute approximate surface area is 149 Å². The van der Waals surface area contributed by atoms with E-state index in [4.69, 9.17) is 12.2 Å². The molecular weight excluding hydrogens is 340 g/mol. The summed E-state index contributed by atoms with van der Waals surface area (Å²) in [7, 11) is 0. The van der Waals surface area contributed by atoms with Gasteiger partial charge in [-0.05, 0) is 30.8 Å². The van der Waals surface area contributed by atoms with Crippen LogP contribution in [0.3, 0.4) is 0 Å². The summed E-state index contributed by atoms with van der Waals surface area (Å²) in [6.07, 6.45) is 7.00. The lowest BCUT2D eigenvalue weighted by Gasteiger charge is -2.10. The zero-order chi connectivity index (χ0) is 16.8. The molecule has 0 aliphatic heterocycles. The highest BCUT2D eigenvalue weighted by molar-refractivity contribution is 7.80. The van der Waals surface area contributed by atoms with E-state index < -0.39 is 0 Å². The van der Waals surface area contributed by atoms with Crippen LogP contribution in [0, 0.1) is 0 Å². The molecule has 124 valence electrons. The summed E-state index contributed by atoms with van der Waals surface area (Å²) in [6, 6.07) is 3.73. The lowest BCUT2D eigenvalue weighted by atomic mass is 10.2. The van der Waals surface area contributed by atoms with Gasteiger partial charge in [0.1, 0.15) is 17.0 Å². The first kappa shape index (κ1) is 16.7. The molecular formula is C16H18N6S2. The van der Waals surface area contributed by atoms with Crippen LogP contribution in [-0.2, 0) is 0 Å². The molecule has 0 amide bonds. The largest absolute Gasteiger partial charge is 0.362 e. The standard InChI is InChI=1S/C16H18N6S2/c1-2-3-4-7-18-16(23)22-14-6-5-11-15(21-14)20-12(8-19-11)13-9-17-10-24-13/h5-6,8-10H,2-4,7H2,1H3,(H2,18,20,21,22,23). The van der Waals surface area contributed by atoms with Crippen LogP contribution in [0.5, 0.6) is 0 Å². The number of thiazole rings is 1. The van der Waals surface area contributed by atoms with E-state index in [0.29, 0.717) is 16.6 Å². The topological polar surface area (TPSA) is 75.6 Å². The second kappa shape index (κ2) is 8.07. The lowest BCUT2D eigenvalue weighted by molar-refractivity contribution is 0.697. The Morgan fingerprint density at radius 2 is 2.12 bits per heavy atom. The van der Waals surface area contributed by atoms with E-state index in [9.17, 15) is 0 Å². The molecule has 0 fully saturated rings. The summed E-state index contributed by atoms with van der Waals surface area (Å²) in [5, 5.41) is 6.86. The lowest BCUT2D eigenvalue weighted by Crippen LogP contribution is -2.29. The predicted octanol–water partition coefficient (Wildman–Crippen LogP) is 3.62. The normalized spacial score (nSPS) is 10.7. The molecule has 0 atom stereocenters. The molecule has 3 heterocycles. The van der Waals surface area contributed by atoms with Crippen LogP contribution < -0.4 is 10.6 Å². The van der Waals surface area contributed by atoms with Gasteiger partial charge >= 0.3 is 0 Å². The molecule has 0 aliphatic rings. The average Bonchev–Trinajstić information content (AvgIpc) is 3.13. The molecule has 0 radical (unpaired) electrons. The van der Waals surface area contributed by atoms with E-state index in [0.717, 1.165) is 29.1 Å². The molecule has 3 rings (SSSR count). The highest BCUT2D eigenvalue weighted by Crippen LogP contribution is 2.22. The van der Waals surface area contributed by atoms with Gasteiger partial charge in [-0.1, -0.05) is 19.8 Å². The second-order valence-electron chi connectivity index (χ2n) is 5.25. The van der Waals surface area contributed by atoms with Gasteiger partial charge in [-0.3, -0.25) is 9.97 Å². The monoisotopic (exact) mass is 358 g/mol. The van der Waals surface area contributed by atoms with Gasteiger partial charge < -0.3 is 10.6 Å². The number of nitrogens with one attached hydrogen (secondary N) is 2. The Morgan fingerprint density at radius 3 is 2.92 bits per heavy atom. The van der Waals surface area contributed by atoms with E-state index in [1.54, 1.807) is 17.9 Å². The van der Waals surface area contributed by atoms with Crippen molar-refractivity contribution < 1.29 is 0 Å². The molecule has 0 saturated carbocycles. The van der Waals surface area contributed by atoms with Gasteiger partial charge in [0.25, 0.3) is 0 Å². The quantitative estimate of drug-likeness (QED) is 0.515. The number of pyridine rings is 1. The van der Waals surface area contributed by atoms with Crippen LogP contribution in [0.4, 0.5) is 5.82 Å². The fraction of sp³-hybridized carbons (Fsp3) is 0.312. The second-order valence-corrected chi connectivity index (χ2v) is 6.54. The maximum absolute atomic E-state index is 5.29. The summed E-state index contributed by atoms with van der Waals surface area (Å²) < 4.78 is 0. The molecule has 2 N–H and O–H groups in total. The van der Waals surface area contributed by atoms with Crippen LogP contribution >= 0.6 is 23.6 Å². The molecule has 3 aromatic heterocycles. The van der Waals surface area contributed by atoms with E-state index in [-0.39, 0.29) is 0 Å². The number of fused-ring (bicyclic) bond motifs is 1. The van der Waals surface area contributed by atoms with Gasteiger partial charge in [-0.25, -0.2) is 9.97 Å². The molecule has 0 bridgehead atoms. The summed E-state index contributed by atoms with van der Waals surface area (Å²) in [6.45, 7) is 3.04. The zero-order valence-electron chi connectivity index (χ0n) is 13.3. The molecule has 0 aromatic carbocycles. The Kier molecular flexibility index (Phi) is 5.60. The minimum Gasteiger partial charge on any atom is -0.362 e. The molecule has 3 aromatic rings. The number of aromatic nitrogens is 4. The van der Waals surface area contributed by atoms with Crippen LogP contribution in [0.15, 0.2) is 30.0 Å². The average molecular weight is 358 g/mol. The van der Waals surface area contributed by atoms with Crippen LogP contribution in [0.2, 0.25) is 0 Å². The van der Waals surface area contributed by atoms with Crippen LogP contribution in [0.25, 0.3) is 21.7 Å². The molecule has 8 heteroatoms. The van der Waals surface area contributed by atoms with Gasteiger partial charge in [0.05, 0.1) is 16.6 Å². The van der Waals surface area contributed by atoms with Gasteiger partial charge in [0.2, 0.25) is 0 Å². The fourth-order valence-corrected chi connectivity index (χ4v) is 2.95. The van der Waals surface area contributed by atoms with Crippen molar-refractivity contribution in [3.05, 3.63) is 30.0 Å². The van der Waals surface area contributed by atoms with Crippen LogP contribution in [-0.4, -0.2) is 31.6 Å². The fourth-order valence-electron chi connectivity index (χ4n) is 2.17. The number of nitrogens with zero attached hydrogens (tertiary/aromatic N) is 4. The Morgan fingerprint density at radius 1 is 1.21 bits per heavy atom. The predicted molar refractivity (Wildman–Crippen MR) is 102 cm³/mol. The third-order valence-corrected chi connectivity index (χ3v) is 4.44. The van der Waals surface area contributed by atoms with Crippen molar-refractivity contribution >= 4 is 45.6 Å². The van der Waals surface area contributed by atoms with E-state index in [1.165, 1.54) is 24.2 Å². The molecule has 0 saturated heterocycles. The van der Waals surface area contributed by atoms with Crippen molar-refractivity contribution in [3.8, 4) is 10.6 Å². The maximum Gasteiger partial charge on any atom is 0.180 e. The van der Waals surface area contributed by atoms with Crippen molar-refractivity contribution in [1.82, 2.24) is 25.3 Å². The van der Waals surface area contributed by atoms with Crippen molar-refractivity contribution in [3.63, 3.8) is 0 Å². The van der Waals surface area contributed by atoms with E-state index in [2.05, 4.69) is 37.5 Å². The summed E-state index contributed by atoms with van der Waals surface area (Å²) >= 11 is 6.82. The van der Waals surface area contributed by atoms with Gasteiger partial charge in [0.15, 0.2) is 10.8 Å². The highest BCUT2D eigenvalue weighted by atomic mass is 32.1. The molecule has 0 spiro atoms. The maximum atomic E-state index is 5.29. The van der Waals surface area contributed by atoms with Gasteiger partial charge in [0, 0.05) is 12.7 Å². The SMILES string of the molecule is CCCCCNC(=S)Nc1ccc2ncc(-c3cncs3)nc2n1. The molecule has 0 aliphatic carbocycles. The van der Waals surface area contributed by atoms with E-state index in [1.807, 2.05) is 12.1 Å². The minimum atomic E-state index is 0.574. The number of hydrogen-bond donors (Lipinski definition) is 2. The van der Waals surface area contributed by atoms with Crippen molar-refractivity contribution in [2.24, 2.45) is 0 Å². The third-order valence-electron chi connectivity index (χ3n) is 3.40. The molecule has 0 unspecified atom stereocenters. The zero-order valence-corrected chi connectivity index (χ0v) is 15.0. The first-order valence-corrected chi connectivity index (χ1v) is 9.12. The highest BCUT2D eigenvalue weighted by Gasteiger charge is 2.07. The summed E-state index contributed by atoms with van der Waals surface area (Å²) in [5.41, 5.74) is 3.88. The number of hydrogen-bond acceptors (Lipinski definition) is 6. The van der Waals surface area contributed by atoms with Crippen molar-refractivity contribution in [2.45, 2.75) is 26.2 Å². The Hall–Kier alpha value is -2.19. The number of rotatable bonds is 6. The Balaban J connectivity index is 1.71. The van der Waals surface area contributed by atoms with E-state index >= 15 is 0 Å². The van der Waals surface area contributed by atoms with Crippen molar-refractivity contribution in [2.75, 3.05) is 11.9 Å².